The van der Waals surface area contributed by atoms with Crippen LogP contribution in [0.3, 0.4) is 0 Å². The Morgan fingerprint density at radius 2 is 1.54 bits per heavy atom. The summed E-state index contributed by atoms with van der Waals surface area (Å²) in [6, 6.07) is 18.1. The van der Waals surface area contributed by atoms with Gasteiger partial charge in [0.05, 0.1) is 34.0 Å². The zero-order chi connectivity index (χ0) is 25.7. The van der Waals surface area contributed by atoms with E-state index in [4.69, 9.17) is 4.98 Å². The molecule has 0 aliphatic carbocycles. The molecule has 2 aliphatic heterocycles. The number of rotatable bonds is 3. The smallest absolute Gasteiger partial charge is 0.266 e. The number of nitrogens with zero attached hydrogens (tertiary/aromatic N) is 5. The molecule has 1 saturated heterocycles. The SMILES string of the molecule is Cc1cccc(N2C(=O)c3ccc(C(=O)N4CCN(c5cnc6ccccc6n5)CC4)cc3C2=O)c1C. The highest BCUT2D eigenvalue weighted by atomic mass is 16.2. The first kappa shape index (κ1) is 22.8. The molecule has 6 rings (SSSR count). The van der Waals surface area contributed by atoms with Crippen LogP contribution in [-0.2, 0) is 0 Å². The first-order chi connectivity index (χ1) is 17.9. The van der Waals surface area contributed by atoms with E-state index in [0.717, 1.165) is 28.0 Å². The third-order valence-corrected chi connectivity index (χ3v) is 7.28. The number of hydrogen-bond donors (Lipinski definition) is 0. The van der Waals surface area contributed by atoms with Gasteiger partial charge in [-0.3, -0.25) is 19.4 Å². The van der Waals surface area contributed by atoms with E-state index >= 15 is 0 Å². The average Bonchev–Trinajstić information content (AvgIpc) is 3.18. The molecule has 184 valence electrons. The minimum absolute atomic E-state index is 0.155. The zero-order valence-corrected chi connectivity index (χ0v) is 20.6. The second kappa shape index (κ2) is 8.81. The molecule has 3 aromatic carbocycles. The highest BCUT2D eigenvalue weighted by Gasteiger charge is 2.38. The predicted octanol–water partition coefficient (Wildman–Crippen LogP) is 4.01. The quantitative estimate of drug-likeness (QED) is 0.403. The number of hydrogen-bond acceptors (Lipinski definition) is 6. The van der Waals surface area contributed by atoms with Crippen molar-refractivity contribution < 1.29 is 14.4 Å². The van der Waals surface area contributed by atoms with Crippen molar-refractivity contribution in [3.8, 4) is 0 Å². The van der Waals surface area contributed by atoms with Crippen molar-refractivity contribution in [1.82, 2.24) is 14.9 Å². The fourth-order valence-corrected chi connectivity index (χ4v) is 4.99. The van der Waals surface area contributed by atoms with Crippen molar-refractivity contribution in [1.29, 1.82) is 0 Å². The Bertz CT molecular complexity index is 1590. The summed E-state index contributed by atoms with van der Waals surface area (Å²) in [5.74, 6) is -0.127. The summed E-state index contributed by atoms with van der Waals surface area (Å²) in [7, 11) is 0. The molecule has 4 aromatic rings. The number of anilines is 2. The summed E-state index contributed by atoms with van der Waals surface area (Å²) < 4.78 is 0. The topological polar surface area (TPSA) is 86.7 Å². The third-order valence-electron chi connectivity index (χ3n) is 7.28. The number of amides is 3. The van der Waals surface area contributed by atoms with Gasteiger partial charge in [0.2, 0.25) is 0 Å². The molecule has 3 amide bonds. The van der Waals surface area contributed by atoms with Gasteiger partial charge in [-0.1, -0.05) is 24.3 Å². The van der Waals surface area contributed by atoms with Gasteiger partial charge in [-0.05, 0) is 61.4 Å². The van der Waals surface area contributed by atoms with Crippen LogP contribution in [-0.4, -0.2) is 58.8 Å². The molecule has 0 N–H and O–H groups in total. The highest BCUT2D eigenvalue weighted by Crippen LogP contribution is 2.32. The molecular formula is C29H25N5O3. The lowest BCUT2D eigenvalue weighted by Gasteiger charge is -2.35. The number of para-hydroxylation sites is 2. The lowest BCUT2D eigenvalue weighted by molar-refractivity contribution is 0.0746. The van der Waals surface area contributed by atoms with E-state index in [1.54, 1.807) is 35.4 Å². The Morgan fingerprint density at radius 3 is 2.32 bits per heavy atom. The van der Waals surface area contributed by atoms with Crippen LogP contribution in [0, 0.1) is 13.8 Å². The van der Waals surface area contributed by atoms with E-state index in [1.807, 2.05) is 50.2 Å². The molecule has 8 nitrogen and oxygen atoms in total. The van der Waals surface area contributed by atoms with Crippen molar-refractivity contribution in [2.75, 3.05) is 36.0 Å². The molecule has 8 heteroatoms. The fourth-order valence-electron chi connectivity index (χ4n) is 4.99. The lowest BCUT2D eigenvalue weighted by atomic mass is 10.0. The Balaban J connectivity index is 1.19. The molecule has 0 unspecified atom stereocenters. The standard InChI is InChI=1S/C29H25N5O3/c1-18-6-5-9-25(19(18)2)34-28(36)21-11-10-20(16-22(21)29(34)37)27(35)33-14-12-32(13-15-33)26-17-30-23-7-3-4-8-24(23)31-26/h3-11,16-17H,12-15H2,1-2H3. The van der Waals surface area contributed by atoms with Crippen molar-refractivity contribution in [2.45, 2.75) is 13.8 Å². The van der Waals surface area contributed by atoms with Crippen molar-refractivity contribution in [3.05, 3.63) is 94.7 Å². The van der Waals surface area contributed by atoms with E-state index in [-0.39, 0.29) is 17.4 Å². The fraction of sp³-hybridized carbons (Fsp3) is 0.207. The van der Waals surface area contributed by atoms with Crippen LogP contribution >= 0.6 is 0 Å². The van der Waals surface area contributed by atoms with Crippen molar-refractivity contribution >= 4 is 40.3 Å². The monoisotopic (exact) mass is 491 g/mol. The van der Waals surface area contributed by atoms with Crippen LogP contribution < -0.4 is 9.80 Å². The van der Waals surface area contributed by atoms with Crippen LogP contribution in [0.15, 0.2) is 66.9 Å². The zero-order valence-electron chi connectivity index (χ0n) is 20.6. The Hall–Kier alpha value is -4.59. The molecule has 0 atom stereocenters. The van der Waals surface area contributed by atoms with Crippen molar-refractivity contribution in [2.24, 2.45) is 0 Å². The van der Waals surface area contributed by atoms with Gasteiger partial charge in [0.25, 0.3) is 17.7 Å². The summed E-state index contributed by atoms with van der Waals surface area (Å²) in [5, 5.41) is 0. The van der Waals surface area contributed by atoms with Gasteiger partial charge in [0, 0.05) is 31.7 Å². The maximum Gasteiger partial charge on any atom is 0.266 e. The number of aryl methyl sites for hydroxylation is 1. The molecule has 0 bridgehead atoms. The van der Waals surface area contributed by atoms with Gasteiger partial charge in [-0.2, -0.15) is 0 Å². The van der Waals surface area contributed by atoms with Gasteiger partial charge in [-0.25, -0.2) is 9.88 Å². The van der Waals surface area contributed by atoms with Crippen molar-refractivity contribution in [3.63, 3.8) is 0 Å². The summed E-state index contributed by atoms with van der Waals surface area (Å²) >= 11 is 0. The molecule has 2 aliphatic rings. The third kappa shape index (κ3) is 3.81. The molecule has 0 spiro atoms. The lowest BCUT2D eigenvalue weighted by Crippen LogP contribution is -2.49. The molecule has 3 heterocycles. The second-order valence-corrected chi connectivity index (χ2v) is 9.42. The Kier molecular flexibility index (Phi) is 5.44. The average molecular weight is 492 g/mol. The van der Waals surface area contributed by atoms with Crippen LogP contribution in [0.4, 0.5) is 11.5 Å². The van der Waals surface area contributed by atoms with E-state index in [2.05, 4.69) is 9.88 Å². The minimum Gasteiger partial charge on any atom is -0.352 e. The maximum atomic E-state index is 13.3. The molecule has 0 radical (unpaired) electrons. The maximum absolute atomic E-state index is 13.3. The molecule has 37 heavy (non-hydrogen) atoms. The van der Waals surface area contributed by atoms with Crippen LogP contribution in [0.25, 0.3) is 11.0 Å². The van der Waals surface area contributed by atoms with Gasteiger partial charge in [0.15, 0.2) is 0 Å². The number of piperazine rings is 1. The predicted molar refractivity (Wildman–Crippen MR) is 141 cm³/mol. The normalized spacial score (nSPS) is 15.5. The summed E-state index contributed by atoms with van der Waals surface area (Å²) in [6.07, 6.45) is 1.77. The molecular weight excluding hydrogens is 466 g/mol. The van der Waals surface area contributed by atoms with Crippen LogP contribution in [0.5, 0.6) is 0 Å². The minimum atomic E-state index is -0.400. The summed E-state index contributed by atoms with van der Waals surface area (Å²) in [4.78, 5) is 54.0. The number of aromatic nitrogens is 2. The first-order valence-electron chi connectivity index (χ1n) is 12.3. The second-order valence-electron chi connectivity index (χ2n) is 9.42. The Morgan fingerprint density at radius 1 is 0.811 bits per heavy atom. The number of fused-ring (bicyclic) bond motifs is 2. The molecule has 1 aromatic heterocycles. The summed E-state index contributed by atoms with van der Waals surface area (Å²) in [5.41, 5.74) is 5.13. The Labute approximate surface area is 214 Å². The van der Waals surface area contributed by atoms with Gasteiger partial charge >= 0.3 is 0 Å². The van der Waals surface area contributed by atoms with E-state index in [0.29, 0.717) is 43.0 Å². The first-order valence-corrected chi connectivity index (χ1v) is 12.3. The largest absolute Gasteiger partial charge is 0.352 e. The van der Waals surface area contributed by atoms with Gasteiger partial charge < -0.3 is 9.80 Å². The number of carbonyl (C=O) groups is 3. The van der Waals surface area contributed by atoms with Crippen LogP contribution in [0.2, 0.25) is 0 Å². The van der Waals surface area contributed by atoms with Gasteiger partial charge in [0.1, 0.15) is 5.82 Å². The highest BCUT2D eigenvalue weighted by molar-refractivity contribution is 6.35. The number of carbonyl (C=O) groups excluding carboxylic acids is 3. The molecule has 0 saturated carbocycles. The molecule has 1 fully saturated rings. The van der Waals surface area contributed by atoms with E-state index in [1.165, 1.54) is 4.90 Å². The van der Waals surface area contributed by atoms with Crippen LogP contribution in [0.1, 0.15) is 42.2 Å². The number of benzene rings is 3. The number of imide groups is 1. The van der Waals surface area contributed by atoms with E-state index in [9.17, 15) is 14.4 Å². The van der Waals surface area contributed by atoms with E-state index < -0.39 is 5.91 Å². The summed E-state index contributed by atoms with van der Waals surface area (Å²) in [6.45, 7) is 6.13. The van der Waals surface area contributed by atoms with Gasteiger partial charge in [-0.15, -0.1) is 0 Å².